The van der Waals surface area contributed by atoms with E-state index in [9.17, 15) is 8.42 Å². The molecule has 0 fully saturated rings. The second-order valence-electron chi connectivity index (χ2n) is 4.16. The predicted octanol–water partition coefficient (Wildman–Crippen LogP) is 3.60. The zero-order valence-electron chi connectivity index (χ0n) is 10.6. The van der Waals surface area contributed by atoms with E-state index >= 15 is 0 Å². The molecule has 0 aliphatic rings. The number of benzene rings is 2. The summed E-state index contributed by atoms with van der Waals surface area (Å²) >= 11 is 4.79. The molecule has 0 spiro atoms. The molecule has 106 valence electrons. The number of sulfone groups is 1. The smallest absolute Gasteiger partial charge is 0.181 e. The molecule has 20 heavy (non-hydrogen) atoms. The van der Waals surface area contributed by atoms with Gasteiger partial charge < -0.3 is 5.73 Å². The lowest BCUT2D eigenvalue weighted by Gasteiger charge is -2.08. The molecule has 0 amide bonds. The van der Waals surface area contributed by atoms with Crippen molar-refractivity contribution in [1.29, 1.82) is 0 Å². The quantitative estimate of drug-likeness (QED) is 0.644. The van der Waals surface area contributed by atoms with E-state index in [0.717, 1.165) is 4.90 Å². The fraction of sp³-hybridized carbons (Fsp3) is 0.143. The summed E-state index contributed by atoms with van der Waals surface area (Å²) in [4.78, 5) is 1.26. The lowest BCUT2D eigenvalue weighted by atomic mass is 10.3. The number of hydrogen-bond acceptors (Lipinski definition) is 4. The van der Waals surface area contributed by atoms with Crippen LogP contribution in [0.3, 0.4) is 0 Å². The summed E-state index contributed by atoms with van der Waals surface area (Å²) in [7, 11) is -3.36. The minimum absolute atomic E-state index is 0.0627. The van der Waals surface area contributed by atoms with Crippen molar-refractivity contribution in [2.45, 2.75) is 9.79 Å². The molecule has 2 N–H and O–H groups in total. The molecule has 0 heterocycles. The van der Waals surface area contributed by atoms with Crippen LogP contribution in [-0.4, -0.2) is 19.9 Å². The van der Waals surface area contributed by atoms with Crippen molar-refractivity contribution in [2.75, 3.05) is 17.2 Å². The van der Waals surface area contributed by atoms with Crippen molar-refractivity contribution < 1.29 is 8.42 Å². The molecule has 0 atom stereocenters. The first-order valence-corrected chi connectivity index (χ1v) is 9.38. The predicted molar refractivity (Wildman–Crippen MR) is 87.8 cm³/mol. The monoisotopic (exact) mass is 371 g/mol. The number of thioether (sulfide) groups is 1. The van der Waals surface area contributed by atoms with Crippen LogP contribution in [0.4, 0.5) is 5.69 Å². The zero-order valence-corrected chi connectivity index (χ0v) is 13.8. The molecular weight excluding hydrogens is 358 g/mol. The SMILES string of the molecule is Nc1ccc(Br)cc1S(=O)(=O)CCSc1ccccc1. The van der Waals surface area contributed by atoms with E-state index < -0.39 is 9.84 Å². The maximum absolute atomic E-state index is 12.3. The van der Waals surface area contributed by atoms with Crippen molar-refractivity contribution in [3.8, 4) is 0 Å². The van der Waals surface area contributed by atoms with Crippen LogP contribution in [0, 0.1) is 0 Å². The lowest BCUT2D eigenvalue weighted by Crippen LogP contribution is -2.11. The molecular formula is C14H14BrNO2S2. The van der Waals surface area contributed by atoms with Crippen LogP contribution in [0.15, 0.2) is 62.8 Å². The normalized spacial score (nSPS) is 11.4. The Morgan fingerprint density at radius 2 is 1.80 bits per heavy atom. The molecule has 2 aromatic carbocycles. The summed E-state index contributed by atoms with van der Waals surface area (Å²) in [6, 6.07) is 14.6. The largest absolute Gasteiger partial charge is 0.398 e. The fourth-order valence-corrected chi connectivity index (χ4v) is 4.94. The van der Waals surface area contributed by atoms with Gasteiger partial charge in [-0.2, -0.15) is 0 Å². The molecule has 2 aromatic rings. The second kappa shape index (κ2) is 6.65. The Morgan fingerprint density at radius 3 is 2.50 bits per heavy atom. The maximum Gasteiger partial charge on any atom is 0.181 e. The fourth-order valence-electron chi connectivity index (χ4n) is 1.67. The van der Waals surface area contributed by atoms with Gasteiger partial charge in [0.2, 0.25) is 0 Å². The van der Waals surface area contributed by atoms with E-state index in [1.807, 2.05) is 30.3 Å². The number of anilines is 1. The van der Waals surface area contributed by atoms with Gasteiger partial charge >= 0.3 is 0 Å². The summed E-state index contributed by atoms with van der Waals surface area (Å²) < 4.78 is 25.3. The molecule has 0 aliphatic carbocycles. The Hall–Kier alpha value is -0.980. The Labute approximate surface area is 131 Å². The molecule has 6 heteroatoms. The third-order valence-electron chi connectivity index (χ3n) is 2.67. The van der Waals surface area contributed by atoms with Gasteiger partial charge in [-0.1, -0.05) is 34.1 Å². The molecule has 3 nitrogen and oxygen atoms in total. The first-order valence-electron chi connectivity index (χ1n) is 5.95. The van der Waals surface area contributed by atoms with Crippen molar-refractivity contribution in [3.63, 3.8) is 0 Å². The van der Waals surface area contributed by atoms with Crippen LogP contribution >= 0.6 is 27.7 Å². The average molecular weight is 372 g/mol. The Morgan fingerprint density at radius 1 is 1.10 bits per heavy atom. The van der Waals surface area contributed by atoms with Gasteiger partial charge in [-0.05, 0) is 30.3 Å². The molecule has 0 unspecified atom stereocenters. The summed E-state index contributed by atoms with van der Waals surface area (Å²) in [6.45, 7) is 0. The standard InChI is InChI=1S/C14H14BrNO2S2/c15-11-6-7-13(16)14(10-11)20(17,18)9-8-19-12-4-2-1-3-5-12/h1-7,10H,8-9,16H2. The molecule has 0 aromatic heterocycles. The van der Waals surface area contributed by atoms with E-state index in [1.165, 1.54) is 11.8 Å². The van der Waals surface area contributed by atoms with Crippen molar-refractivity contribution in [1.82, 2.24) is 0 Å². The third-order valence-corrected chi connectivity index (χ3v) is 6.21. The molecule has 0 saturated carbocycles. The number of hydrogen-bond donors (Lipinski definition) is 1. The lowest BCUT2D eigenvalue weighted by molar-refractivity contribution is 0.598. The zero-order chi connectivity index (χ0) is 14.6. The van der Waals surface area contributed by atoms with Crippen molar-refractivity contribution in [2.24, 2.45) is 0 Å². The summed E-state index contributed by atoms with van der Waals surface area (Å²) in [6.07, 6.45) is 0. The van der Waals surface area contributed by atoms with Gasteiger partial charge in [0.15, 0.2) is 9.84 Å². The van der Waals surface area contributed by atoms with Crippen molar-refractivity contribution >= 4 is 43.2 Å². The van der Waals surface area contributed by atoms with Gasteiger partial charge in [-0.3, -0.25) is 0 Å². The van der Waals surface area contributed by atoms with Crippen LogP contribution in [0.1, 0.15) is 0 Å². The highest BCUT2D eigenvalue weighted by molar-refractivity contribution is 9.10. The second-order valence-corrected chi connectivity index (χ2v) is 8.32. The molecule has 2 rings (SSSR count). The van der Waals surface area contributed by atoms with Gasteiger partial charge in [0, 0.05) is 15.1 Å². The van der Waals surface area contributed by atoms with Crippen molar-refractivity contribution in [3.05, 3.63) is 53.0 Å². The maximum atomic E-state index is 12.3. The van der Waals surface area contributed by atoms with E-state index in [4.69, 9.17) is 5.73 Å². The number of nitrogen functional groups attached to an aromatic ring is 1. The average Bonchev–Trinajstić information content (AvgIpc) is 2.42. The highest BCUT2D eigenvalue weighted by atomic mass is 79.9. The Bertz CT molecular complexity index is 688. The van der Waals surface area contributed by atoms with Gasteiger partial charge in [-0.25, -0.2) is 8.42 Å². The molecule has 0 saturated heterocycles. The Balaban J connectivity index is 2.06. The van der Waals surface area contributed by atoms with E-state index in [1.54, 1.807) is 18.2 Å². The molecule has 0 radical (unpaired) electrons. The van der Waals surface area contributed by atoms with Crippen LogP contribution in [-0.2, 0) is 9.84 Å². The van der Waals surface area contributed by atoms with Gasteiger partial charge in [0.05, 0.1) is 16.3 Å². The summed E-state index contributed by atoms with van der Waals surface area (Å²) in [5, 5.41) is 0. The van der Waals surface area contributed by atoms with E-state index in [2.05, 4.69) is 15.9 Å². The van der Waals surface area contributed by atoms with E-state index in [0.29, 0.717) is 10.2 Å². The summed E-state index contributed by atoms with van der Waals surface area (Å²) in [5.74, 6) is 0.561. The number of rotatable bonds is 5. The minimum Gasteiger partial charge on any atom is -0.398 e. The highest BCUT2D eigenvalue weighted by Crippen LogP contribution is 2.25. The summed E-state index contributed by atoms with van der Waals surface area (Å²) in [5.41, 5.74) is 6.04. The third kappa shape index (κ3) is 4.01. The van der Waals surface area contributed by atoms with Crippen LogP contribution in [0.5, 0.6) is 0 Å². The Kier molecular flexibility index (Phi) is 5.12. The molecule has 0 bridgehead atoms. The van der Waals surface area contributed by atoms with Gasteiger partial charge in [0.25, 0.3) is 0 Å². The number of halogens is 1. The van der Waals surface area contributed by atoms with E-state index in [-0.39, 0.29) is 16.3 Å². The van der Waals surface area contributed by atoms with Crippen LogP contribution < -0.4 is 5.73 Å². The molecule has 0 aliphatic heterocycles. The van der Waals surface area contributed by atoms with Gasteiger partial charge in [0.1, 0.15) is 0 Å². The topological polar surface area (TPSA) is 60.2 Å². The van der Waals surface area contributed by atoms with Crippen LogP contribution in [0.25, 0.3) is 0 Å². The van der Waals surface area contributed by atoms with Crippen LogP contribution in [0.2, 0.25) is 0 Å². The first-order chi connectivity index (χ1) is 9.49. The first kappa shape index (κ1) is 15.4. The van der Waals surface area contributed by atoms with Gasteiger partial charge in [-0.15, -0.1) is 11.8 Å². The minimum atomic E-state index is -3.36. The number of nitrogens with two attached hydrogens (primary N) is 1. The highest BCUT2D eigenvalue weighted by Gasteiger charge is 2.17.